The van der Waals surface area contributed by atoms with E-state index < -0.39 is 5.97 Å². The van der Waals surface area contributed by atoms with Gasteiger partial charge in [-0.1, -0.05) is 0 Å². The zero-order chi connectivity index (χ0) is 14.7. The largest absolute Gasteiger partial charge is 0.481 e. The van der Waals surface area contributed by atoms with Crippen LogP contribution in [0.4, 0.5) is 11.4 Å². The summed E-state index contributed by atoms with van der Waals surface area (Å²) in [6.45, 7) is 1.30. The lowest BCUT2D eigenvalue weighted by Gasteiger charge is -2.33. The van der Waals surface area contributed by atoms with Crippen molar-refractivity contribution in [1.82, 2.24) is 0 Å². The number of piperidine rings is 1. The van der Waals surface area contributed by atoms with Gasteiger partial charge in [-0.05, 0) is 53.5 Å². The summed E-state index contributed by atoms with van der Waals surface area (Å²) in [5, 5.41) is 20.0. The number of aliphatic carboxylic acids is 1. The summed E-state index contributed by atoms with van der Waals surface area (Å²) in [6, 6.07) is 5.14. The molecule has 1 aromatic rings. The Morgan fingerprint density at radius 3 is 2.95 bits per heavy atom. The molecule has 1 saturated heterocycles. The predicted octanol–water partition coefficient (Wildman–Crippen LogP) is 2.89. The second-order valence-corrected chi connectivity index (χ2v) is 6.19. The number of carboxylic acid groups (broad SMARTS) is 1. The minimum Gasteiger partial charge on any atom is -0.481 e. The van der Waals surface area contributed by atoms with Crippen LogP contribution in [0.15, 0.2) is 18.2 Å². The number of hydrogen-bond donors (Lipinski definition) is 1. The predicted molar refractivity (Wildman–Crippen MR) is 83.0 cm³/mol. The molecule has 7 heteroatoms. The summed E-state index contributed by atoms with van der Waals surface area (Å²) < 4.78 is 0.817. The Labute approximate surface area is 130 Å². The molecule has 1 aliphatic rings. The number of nitro benzene ring substituents is 1. The molecule has 1 fully saturated rings. The van der Waals surface area contributed by atoms with Crippen molar-refractivity contribution in [2.24, 2.45) is 5.92 Å². The van der Waals surface area contributed by atoms with Crippen molar-refractivity contribution in [3.63, 3.8) is 0 Å². The van der Waals surface area contributed by atoms with E-state index in [0.717, 1.165) is 23.0 Å². The third-order valence-corrected chi connectivity index (χ3v) is 4.13. The Morgan fingerprint density at radius 1 is 1.55 bits per heavy atom. The molecule has 0 amide bonds. The monoisotopic (exact) mass is 390 g/mol. The van der Waals surface area contributed by atoms with Crippen LogP contribution in [-0.4, -0.2) is 29.1 Å². The van der Waals surface area contributed by atoms with Crippen molar-refractivity contribution < 1.29 is 14.8 Å². The highest BCUT2D eigenvalue weighted by Gasteiger charge is 2.26. The Morgan fingerprint density at radius 2 is 2.30 bits per heavy atom. The van der Waals surface area contributed by atoms with Crippen LogP contribution in [0.1, 0.15) is 19.3 Å². The van der Waals surface area contributed by atoms with Gasteiger partial charge in [-0.25, -0.2) is 0 Å². The van der Waals surface area contributed by atoms with Crippen LogP contribution in [0.2, 0.25) is 0 Å². The molecule has 20 heavy (non-hydrogen) atoms. The summed E-state index contributed by atoms with van der Waals surface area (Å²) in [5.74, 6) is -0.755. The quantitative estimate of drug-likeness (QED) is 0.486. The Balaban J connectivity index is 2.22. The van der Waals surface area contributed by atoms with E-state index in [-0.39, 0.29) is 22.9 Å². The van der Waals surface area contributed by atoms with Crippen LogP contribution in [0, 0.1) is 19.6 Å². The molecular weight excluding hydrogens is 375 g/mol. The smallest absolute Gasteiger partial charge is 0.303 e. The lowest BCUT2D eigenvalue weighted by molar-refractivity contribution is -0.384. The van der Waals surface area contributed by atoms with Gasteiger partial charge in [0.15, 0.2) is 0 Å². The summed E-state index contributed by atoms with van der Waals surface area (Å²) in [7, 11) is 0. The number of hydrogen-bond acceptors (Lipinski definition) is 4. The molecule has 0 radical (unpaired) electrons. The van der Waals surface area contributed by atoms with Gasteiger partial charge in [-0.15, -0.1) is 0 Å². The molecule has 6 nitrogen and oxygen atoms in total. The highest BCUT2D eigenvalue weighted by atomic mass is 127. The highest BCUT2D eigenvalue weighted by molar-refractivity contribution is 14.1. The van der Waals surface area contributed by atoms with E-state index in [9.17, 15) is 14.9 Å². The zero-order valence-electron chi connectivity index (χ0n) is 10.8. The number of rotatable bonds is 4. The minimum atomic E-state index is -0.811. The average molecular weight is 390 g/mol. The number of nitro groups is 1. The van der Waals surface area contributed by atoms with E-state index in [1.54, 1.807) is 12.1 Å². The Hall–Kier alpha value is -1.38. The van der Waals surface area contributed by atoms with Crippen LogP contribution in [0.25, 0.3) is 0 Å². The third kappa shape index (κ3) is 3.59. The van der Waals surface area contributed by atoms with E-state index in [0.29, 0.717) is 12.2 Å². The van der Waals surface area contributed by atoms with Gasteiger partial charge >= 0.3 is 5.97 Å². The van der Waals surface area contributed by atoms with Crippen LogP contribution < -0.4 is 4.90 Å². The molecule has 1 heterocycles. The van der Waals surface area contributed by atoms with E-state index in [4.69, 9.17) is 5.11 Å². The fraction of sp³-hybridized carbons (Fsp3) is 0.462. The summed E-state index contributed by atoms with van der Waals surface area (Å²) >= 11 is 2.05. The van der Waals surface area contributed by atoms with Gasteiger partial charge in [-0.2, -0.15) is 0 Å². The van der Waals surface area contributed by atoms with Crippen molar-refractivity contribution >= 4 is 39.9 Å². The topological polar surface area (TPSA) is 83.7 Å². The molecule has 0 aromatic heterocycles. The van der Waals surface area contributed by atoms with Crippen molar-refractivity contribution in [3.8, 4) is 0 Å². The molecule has 1 atom stereocenters. The van der Waals surface area contributed by atoms with Crippen molar-refractivity contribution in [2.45, 2.75) is 19.3 Å². The second kappa shape index (κ2) is 6.38. The standard InChI is InChI=1S/C13H15IN2O4/c14-10-3-4-11(12(7-10)16(19)20)15-5-1-2-9(8-15)6-13(17)18/h3-4,7,9H,1-2,5-6,8H2,(H,17,18). The first-order valence-electron chi connectivity index (χ1n) is 6.38. The zero-order valence-corrected chi connectivity index (χ0v) is 12.9. The van der Waals surface area contributed by atoms with E-state index >= 15 is 0 Å². The van der Waals surface area contributed by atoms with Crippen LogP contribution in [0.5, 0.6) is 0 Å². The van der Waals surface area contributed by atoms with Gasteiger partial charge in [-0.3, -0.25) is 14.9 Å². The first kappa shape index (κ1) is 15.0. The maximum absolute atomic E-state index is 11.2. The first-order valence-corrected chi connectivity index (χ1v) is 7.46. The number of benzene rings is 1. The number of halogens is 1. The second-order valence-electron chi connectivity index (χ2n) is 4.94. The molecule has 2 rings (SSSR count). The van der Waals surface area contributed by atoms with Crippen LogP contribution >= 0.6 is 22.6 Å². The van der Waals surface area contributed by atoms with E-state index in [2.05, 4.69) is 0 Å². The SMILES string of the molecule is O=C(O)CC1CCCN(c2ccc(I)cc2[N+](=O)[O-])C1. The molecule has 0 bridgehead atoms. The number of nitrogens with zero attached hydrogens (tertiary/aromatic N) is 2. The van der Waals surface area contributed by atoms with Gasteiger partial charge in [0, 0.05) is 29.1 Å². The lowest BCUT2D eigenvalue weighted by Crippen LogP contribution is -2.36. The number of carboxylic acids is 1. The normalized spacial score (nSPS) is 18.9. The van der Waals surface area contributed by atoms with Crippen LogP contribution in [-0.2, 0) is 4.79 Å². The number of anilines is 1. The lowest BCUT2D eigenvalue weighted by atomic mass is 9.94. The van der Waals surface area contributed by atoms with Gasteiger partial charge in [0.1, 0.15) is 5.69 Å². The summed E-state index contributed by atoms with van der Waals surface area (Å²) in [4.78, 5) is 23.5. The Bertz CT molecular complexity index is 535. The fourth-order valence-corrected chi connectivity index (χ4v) is 3.08. The third-order valence-electron chi connectivity index (χ3n) is 3.46. The molecule has 1 aromatic carbocycles. The molecule has 108 valence electrons. The van der Waals surface area contributed by atoms with E-state index in [1.807, 2.05) is 33.6 Å². The minimum absolute atomic E-state index is 0.0557. The molecule has 0 saturated carbocycles. The highest BCUT2D eigenvalue weighted by Crippen LogP contribution is 2.33. The van der Waals surface area contributed by atoms with Gasteiger partial charge in [0.25, 0.3) is 5.69 Å². The van der Waals surface area contributed by atoms with Crippen LogP contribution in [0.3, 0.4) is 0 Å². The molecule has 1 aliphatic heterocycles. The molecule has 1 N–H and O–H groups in total. The fourth-order valence-electron chi connectivity index (χ4n) is 2.61. The van der Waals surface area contributed by atoms with Crippen molar-refractivity contribution in [1.29, 1.82) is 0 Å². The maximum atomic E-state index is 11.2. The van der Waals surface area contributed by atoms with Gasteiger partial charge < -0.3 is 10.0 Å². The average Bonchev–Trinajstić information content (AvgIpc) is 2.38. The first-order chi connectivity index (χ1) is 9.47. The van der Waals surface area contributed by atoms with E-state index in [1.165, 1.54) is 0 Å². The Kier molecular flexibility index (Phi) is 4.79. The van der Waals surface area contributed by atoms with Crippen molar-refractivity contribution in [2.75, 3.05) is 18.0 Å². The van der Waals surface area contributed by atoms with Crippen molar-refractivity contribution in [3.05, 3.63) is 31.9 Å². The summed E-state index contributed by atoms with van der Waals surface area (Å²) in [5.41, 5.74) is 0.679. The number of carbonyl (C=O) groups is 1. The molecule has 0 aliphatic carbocycles. The molecule has 1 unspecified atom stereocenters. The van der Waals surface area contributed by atoms with Gasteiger partial charge in [0.2, 0.25) is 0 Å². The maximum Gasteiger partial charge on any atom is 0.303 e. The van der Waals surface area contributed by atoms with Gasteiger partial charge in [0.05, 0.1) is 4.92 Å². The summed E-state index contributed by atoms with van der Waals surface area (Å²) in [6.07, 6.45) is 1.84. The molecule has 0 spiro atoms. The molecular formula is C13H15IN2O4.